The van der Waals surface area contributed by atoms with Gasteiger partial charge in [0.2, 0.25) is 0 Å². The summed E-state index contributed by atoms with van der Waals surface area (Å²) in [4.78, 5) is 24.2. The van der Waals surface area contributed by atoms with E-state index in [1.807, 2.05) is 19.1 Å². The maximum atomic E-state index is 11.0. The normalized spacial score (nSPS) is 27.6. The summed E-state index contributed by atoms with van der Waals surface area (Å²) in [5.41, 5.74) is 2.24. The van der Waals surface area contributed by atoms with Gasteiger partial charge in [0.1, 0.15) is 11.8 Å². The van der Waals surface area contributed by atoms with Crippen LogP contribution in [0.2, 0.25) is 0 Å². The first kappa shape index (κ1) is 18.5. The number of aliphatic hydroxyl groups is 1. The Morgan fingerprint density at radius 1 is 1.35 bits per heavy atom. The minimum Gasteiger partial charge on any atom is -0.483 e. The molecule has 2 fully saturated rings. The summed E-state index contributed by atoms with van der Waals surface area (Å²) in [7, 11) is 0. The summed E-state index contributed by atoms with van der Waals surface area (Å²) in [5, 5.41) is 17.9. The Kier molecular flexibility index (Phi) is 5.36. The van der Waals surface area contributed by atoms with E-state index in [-0.39, 0.29) is 6.47 Å². The second kappa shape index (κ2) is 7.53. The number of fused-ring (bicyclic) bond motifs is 2. The Morgan fingerprint density at radius 2 is 2.12 bits per heavy atom. The average Bonchev–Trinajstić information content (AvgIpc) is 3.07. The third kappa shape index (κ3) is 3.35. The number of carboxylic acid groups (broad SMARTS) is 1. The van der Waals surface area contributed by atoms with Crippen molar-refractivity contribution in [3.05, 3.63) is 24.2 Å². The van der Waals surface area contributed by atoms with Crippen LogP contribution in [0.15, 0.2) is 18.5 Å². The highest BCUT2D eigenvalue weighted by atomic mass is 16.3. The maximum Gasteiger partial charge on any atom is 0.290 e. The van der Waals surface area contributed by atoms with E-state index in [0.29, 0.717) is 11.8 Å². The summed E-state index contributed by atoms with van der Waals surface area (Å²) in [6, 6.07) is 3.99. The number of hydrogen-bond acceptors (Lipinski definition) is 6. The van der Waals surface area contributed by atoms with Crippen LogP contribution in [0.4, 0.5) is 5.82 Å². The molecule has 2 N–H and O–H groups in total. The van der Waals surface area contributed by atoms with Crippen LogP contribution < -0.4 is 4.90 Å². The monoisotopic (exact) mass is 358 g/mol. The highest BCUT2D eigenvalue weighted by molar-refractivity contribution is 5.85. The van der Waals surface area contributed by atoms with E-state index < -0.39 is 5.60 Å². The predicted molar refractivity (Wildman–Crippen MR) is 99.0 cm³/mol. The molecule has 2 aromatic rings. The first-order chi connectivity index (χ1) is 12.5. The summed E-state index contributed by atoms with van der Waals surface area (Å²) in [5.74, 6) is 1.83. The van der Waals surface area contributed by atoms with Gasteiger partial charge in [0, 0.05) is 24.7 Å². The second-order valence-electron chi connectivity index (χ2n) is 7.24. The SMILES string of the molecule is CC[C@]1(O)CCC[C@H]2CN(c3ncnc4ccc(C)nc34)C[C@H]21.O=CO. The van der Waals surface area contributed by atoms with Gasteiger partial charge in [-0.15, -0.1) is 0 Å². The minimum atomic E-state index is -0.510. The molecule has 0 radical (unpaired) electrons. The quantitative estimate of drug-likeness (QED) is 0.795. The number of nitrogens with zero attached hydrogens (tertiary/aromatic N) is 4. The van der Waals surface area contributed by atoms with Gasteiger partial charge in [-0.05, 0) is 44.2 Å². The molecule has 0 unspecified atom stereocenters. The lowest BCUT2D eigenvalue weighted by molar-refractivity contribution is -0.122. The maximum absolute atomic E-state index is 11.0. The van der Waals surface area contributed by atoms with Gasteiger partial charge in [-0.3, -0.25) is 4.79 Å². The van der Waals surface area contributed by atoms with Crippen molar-refractivity contribution in [1.29, 1.82) is 0 Å². The second-order valence-corrected chi connectivity index (χ2v) is 7.24. The Morgan fingerprint density at radius 3 is 2.85 bits per heavy atom. The fourth-order valence-electron chi connectivity index (χ4n) is 4.50. The highest BCUT2D eigenvalue weighted by Crippen LogP contribution is 2.45. The molecule has 1 aliphatic heterocycles. The number of aryl methyl sites for hydroxylation is 1. The van der Waals surface area contributed by atoms with Crippen molar-refractivity contribution in [2.24, 2.45) is 11.8 Å². The van der Waals surface area contributed by atoms with Gasteiger partial charge < -0.3 is 15.1 Å². The molecule has 1 saturated heterocycles. The molecule has 0 amide bonds. The summed E-state index contributed by atoms with van der Waals surface area (Å²) in [6.07, 6.45) is 5.73. The zero-order chi connectivity index (χ0) is 18.7. The largest absolute Gasteiger partial charge is 0.483 e. The number of carbonyl (C=O) groups is 1. The molecule has 140 valence electrons. The van der Waals surface area contributed by atoms with Crippen molar-refractivity contribution in [3.8, 4) is 0 Å². The fraction of sp³-hybridized carbons (Fsp3) is 0.579. The Labute approximate surface area is 153 Å². The van der Waals surface area contributed by atoms with Crippen molar-refractivity contribution in [2.75, 3.05) is 18.0 Å². The molecule has 4 rings (SSSR count). The van der Waals surface area contributed by atoms with E-state index in [1.54, 1.807) is 6.33 Å². The van der Waals surface area contributed by atoms with Gasteiger partial charge in [-0.1, -0.05) is 13.3 Å². The lowest BCUT2D eigenvalue weighted by atomic mass is 9.69. The molecule has 7 heteroatoms. The summed E-state index contributed by atoms with van der Waals surface area (Å²) in [6.45, 7) is 5.69. The zero-order valence-electron chi connectivity index (χ0n) is 15.3. The van der Waals surface area contributed by atoms with Crippen molar-refractivity contribution >= 4 is 23.3 Å². The lowest BCUT2D eigenvalue weighted by Crippen LogP contribution is -2.44. The van der Waals surface area contributed by atoms with Crippen LogP contribution >= 0.6 is 0 Å². The first-order valence-corrected chi connectivity index (χ1v) is 9.16. The van der Waals surface area contributed by atoms with Crippen LogP contribution in [0.1, 0.15) is 38.3 Å². The Hall–Kier alpha value is -2.28. The predicted octanol–water partition coefficient (Wildman–Crippen LogP) is 2.41. The van der Waals surface area contributed by atoms with Crippen LogP contribution in [0, 0.1) is 18.8 Å². The van der Waals surface area contributed by atoms with Gasteiger partial charge in [0.15, 0.2) is 5.82 Å². The molecular formula is C19H26N4O3. The minimum absolute atomic E-state index is 0.250. The van der Waals surface area contributed by atoms with Crippen LogP contribution in [-0.2, 0) is 4.79 Å². The smallest absolute Gasteiger partial charge is 0.290 e. The first-order valence-electron chi connectivity index (χ1n) is 9.16. The fourth-order valence-corrected chi connectivity index (χ4v) is 4.50. The topological polar surface area (TPSA) is 99.4 Å². The molecule has 2 aromatic heterocycles. The number of rotatable bonds is 2. The Bertz CT molecular complexity index is 784. The Balaban J connectivity index is 0.000000613. The number of anilines is 1. The molecule has 26 heavy (non-hydrogen) atoms. The number of pyridine rings is 1. The van der Waals surface area contributed by atoms with E-state index in [1.165, 1.54) is 6.42 Å². The van der Waals surface area contributed by atoms with E-state index >= 15 is 0 Å². The van der Waals surface area contributed by atoms with Crippen molar-refractivity contribution in [2.45, 2.75) is 45.1 Å². The van der Waals surface area contributed by atoms with E-state index in [4.69, 9.17) is 9.90 Å². The molecule has 3 atom stereocenters. The standard InChI is InChI=1S/C18H24N4O.CH2O2/c1-3-18(23)8-4-5-13-9-22(10-14(13)18)17-16-15(19-11-20-17)7-6-12(2)21-16;2-1-3/h6-7,11,13-14,23H,3-5,8-10H2,1-2H3;1H,(H,2,3)/t13-,14+,18-;/m0./s1. The van der Waals surface area contributed by atoms with E-state index in [0.717, 1.165) is 54.9 Å². The van der Waals surface area contributed by atoms with Crippen molar-refractivity contribution < 1.29 is 15.0 Å². The summed E-state index contributed by atoms with van der Waals surface area (Å²) >= 11 is 0. The zero-order valence-corrected chi connectivity index (χ0v) is 15.3. The average molecular weight is 358 g/mol. The van der Waals surface area contributed by atoms with Gasteiger partial charge in [-0.2, -0.15) is 0 Å². The highest BCUT2D eigenvalue weighted by Gasteiger charge is 2.48. The van der Waals surface area contributed by atoms with Gasteiger partial charge in [-0.25, -0.2) is 15.0 Å². The number of hydrogen-bond donors (Lipinski definition) is 2. The molecule has 2 aliphatic rings. The third-order valence-corrected chi connectivity index (χ3v) is 5.83. The van der Waals surface area contributed by atoms with Gasteiger partial charge in [0.25, 0.3) is 6.47 Å². The van der Waals surface area contributed by atoms with Crippen LogP contribution in [0.25, 0.3) is 11.0 Å². The molecule has 0 spiro atoms. The van der Waals surface area contributed by atoms with Crippen molar-refractivity contribution in [3.63, 3.8) is 0 Å². The molecular weight excluding hydrogens is 332 g/mol. The summed E-state index contributed by atoms with van der Waals surface area (Å²) < 4.78 is 0. The number of aromatic nitrogens is 3. The molecule has 0 aromatic carbocycles. The molecule has 3 heterocycles. The van der Waals surface area contributed by atoms with E-state index in [2.05, 4.69) is 26.8 Å². The molecule has 1 saturated carbocycles. The lowest BCUT2D eigenvalue weighted by Gasteiger charge is -2.40. The molecule has 1 aliphatic carbocycles. The van der Waals surface area contributed by atoms with Crippen LogP contribution in [0.5, 0.6) is 0 Å². The molecule has 7 nitrogen and oxygen atoms in total. The van der Waals surface area contributed by atoms with E-state index in [9.17, 15) is 5.11 Å². The van der Waals surface area contributed by atoms with Crippen LogP contribution in [0.3, 0.4) is 0 Å². The van der Waals surface area contributed by atoms with Gasteiger partial charge in [0.05, 0.1) is 11.1 Å². The van der Waals surface area contributed by atoms with Gasteiger partial charge >= 0.3 is 0 Å². The third-order valence-electron chi connectivity index (χ3n) is 5.83. The molecule has 0 bridgehead atoms. The van der Waals surface area contributed by atoms with Crippen molar-refractivity contribution in [1.82, 2.24) is 15.0 Å². The van der Waals surface area contributed by atoms with Crippen LogP contribution in [-0.4, -0.2) is 50.3 Å².